The average Bonchev–Trinajstić information content (AvgIpc) is 2.69. The van der Waals surface area contributed by atoms with Crippen LogP contribution in [0.4, 0.5) is 4.39 Å². The van der Waals surface area contributed by atoms with Crippen LogP contribution in [0.3, 0.4) is 0 Å². The van der Waals surface area contributed by atoms with E-state index in [-0.39, 0.29) is 42.2 Å². The van der Waals surface area contributed by atoms with Crippen LogP contribution in [0.5, 0.6) is 5.75 Å². The molecule has 0 aliphatic carbocycles. The van der Waals surface area contributed by atoms with Gasteiger partial charge in [0.15, 0.2) is 5.96 Å². The number of carbonyl (C=O) groups excluding carboxylic acids is 1. The summed E-state index contributed by atoms with van der Waals surface area (Å²) in [4.78, 5) is 16.0. The number of halogens is 2. The second-order valence-corrected chi connectivity index (χ2v) is 5.99. The molecule has 2 rings (SSSR count). The van der Waals surface area contributed by atoms with Crippen LogP contribution in [0, 0.1) is 12.7 Å². The average molecular weight is 500 g/mol. The SMILES string of the molecule is CN=C(NCC(=O)NCc1ccc(OC)cc1)NCc1ccc(C)c(F)c1.I. The third-order valence-electron chi connectivity index (χ3n) is 3.98. The van der Waals surface area contributed by atoms with E-state index < -0.39 is 0 Å². The van der Waals surface area contributed by atoms with Gasteiger partial charge in [-0.05, 0) is 41.8 Å². The van der Waals surface area contributed by atoms with Gasteiger partial charge in [0, 0.05) is 20.1 Å². The van der Waals surface area contributed by atoms with E-state index in [0.29, 0.717) is 24.6 Å². The van der Waals surface area contributed by atoms with Gasteiger partial charge in [-0.25, -0.2) is 4.39 Å². The summed E-state index contributed by atoms with van der Waals surface area (Å²) in [6.45, 7) is 2.64. The Kier molecular flexibility index (Phi) is 10.3. The van der Waals surface area contributed by atoms with Gasteiger partial charge >= 0.3 is 0 Å². The monoisotopic (exact) mass is 500 g/mol. The normalized spacial score (nSPS) is 10.6. The molecule has 0 radical (unpaired) electrons. The maximum Gasteiger partial charge on any atom is 0.239 e. The molecular formula is C20H26FIN4O2. The van der Waals surface area contributed by atoms with Gasteiger partial charge in [0.1, 0.15) is 11.6 Å². The maximum absolute atomic E-state index is 13.6. The number of benzene rings is 2. The van der Waals surface area contributed by atoms with E-state index in [1.165, 1.54) is 6.07 Å². The molecule has 0 aromatic heterocycles. The Bertz CT molecular complexity index is 797. The number of hydrogen-bond acceptors (Lipinski definition) is 3. The van der Waals surface area contributed by atoms with Gasteiger partial charge in [0.25, 0.3) is 0 Å². The number of guanidine groups is 1. The van der Waals surface area contributed by atoms with E-state index in [1.807, 2.05) is 30.3 Å². The van der Waals surface area contributed by atoms with Crippen molar-refractivity contribution >= 4 is 35.8 Å². The number of amides is 1. The molecular weight excluding hydrogens is 474 g/mol. The number of ether oxygens (including phenoxy) is 1. The van der Waals surface area contributed by atoms with Gasteiger partial charge in [-0.1, -0.05) is 24.3 Å². The summed E-state index contributed by atoms with van der Waals surface area (Å²) < 4.78 is 18.7. The minimum Gasteiger partial charge on any atom is -0.497 e. The smallest absolute Gasteiger partial charge is 0.239 e. The van der Waals surface area contributed by atoms with Crippen LogP contribution in [0.2, 0.25) is 0 Å². The fourth-order valence-electron chi connectivity index (χ4n) is 2.32. The molecule has 0 spiro atoms. The number of hydrogen-bond donors (Lipinski definition) is 3. The van der Waals surface area contributed by atoms with Gasteiger partial charge < -0.3 is 20.7 Å². The van der Waals surface area contributed by atoms with Crippen LogP contribution in [0.25, 0.3) is 0 Å². The number of carbonyl (C=O) groups is 1. The second-order valence-electron chi connectivity index (χ2n) is 5.99. The molecule has 2 aromatic rings. The molecule has 0 saturated heterocycles. The Balaban J connectivity index is 0.00000392. The van der Waals surface area contributed by atoms with Crippen LogP contribution in [-0.4, -0.2) is 32.6 Å². The van der Waals surface area contributed by atoms with Gasteiger partial charge in [-0.3, -0.25) is 9.79 Å². The van der Waals surface area contributed by atoms with Crippen molar-refractivity contribution in [2.24, 2.45) is 4.99 Å². The third kappa shape index (κ3) is 7.71. The molecule has 6 nitrogen and oxygen atoms in total. The highest BCUT2D eigenvalue weighted by Crippen LogP contribution is 2.11. The van der Waals surface area contributed by atoms with Crippen molar-refractivity contribution in [2.75, 3.05) is 20.7 Å². The Morgan fingerprint density at radius 2 is 1.68 bits per heavy atom. The lowest BCUT2D eigenvalue weighted by Gasteiger charge is -2.12. The molecule has 0 aliphatic heterocycles. The minimum absolute atomic E-state index is 0. The zero-order valence-corrected chi connectivity index (χ0v) is 18.5. The summed E-state index contributed by atoms with van der Waals surface area (Å²) in [5.41, 5.74) is 2.38. The first kappa shape index (κ1) is 23.7. The van der Waals surface area contributed by atoms with Gasteiger partial charge in [-0.2, -0.15) is 0 Å². The Morgan fingerprint density at radius 3 is 2.29 bits per heavy atom. The van der Waals surface area contributed by atoms with E-state index in [4.69, 9.17) is 4.74 Å². The van der Waals surface area contributed by atoms with E-state index in [9.17, 15) is 9.18 Å². The molecule has 152 valence electrons. The summed E-state index contributed by atoms with van der Waals surface area (Å²) in [7, 11) is 3.22. The predicted octanol–water partition coefficient (Wildman–Crippen LogP) is 2.74. The Morgan fingerprint density at radius 1 is 1.04 bits per heavy atom. The molecule has 0 atom stereocenters. The van der Waals surface area contributed by atoms with Crippen molar-refractivity contribution < 1.29 is 13.9 Å². The molecule has 0 fully saturated rings. The van der Waals surface area contributed by atoms with Crippen molar-refractivity contribution in [2.45, 2.75) is 20.0 Å². The summed E-state index contributed by atoms with van der Waals surface area (Å²) in [6.07, 6.45) is 0. The van der Waals surface area contributed by atoms with Gasteiger partial charge in [-0.15, -0.1) is 24.0 Å². The van der Waals surface area contributed by atoms with Crippen molar-refractivity contribution in [3.8, 4) is 5.75 Å². The number of nitrogens with one attached hydrogen (secondary N) is 3. The van der Waals surface area contributed by atoms with E-state index in [1.54, 1.807) is 27.1 Å². The first-order valence-electron chi connectivity index (χ1n) is 8.61. The van der Waals surface area contributed by atoms with E-state index >= 15 is 0 Å². The lowest BCUT2D eigenvalue weighted by atomic mass is 10.1. The lowest BCUT2D eigenvalue weighted by molar-refractivity contribution is -0.120. The van der Waals surface area contributed by atoms with Crippen molar-refractivity contribution in [3.63, 3.8) is 0 Å². The van der Waals surface area contributed by atoms with Crippen molar-refractivity contribution in [1.82, 2.24) is 16.0 Å². The topological polar surface area (TPSA) is 74.8 Å². The zero-order valence-electron chi connectivity index (χ0n) is 16.2. The molecule has 1 amide bonds. The molecule has 0 aliphatic rings. The summed E-state index contributed by atoms with van der Waals surface area (Å²) >= 11 is 0. The summed E-state index contributed by atoms with van der Waals surface area (Å²) in [6, 6.07) is 12.5. The van der Waals surface area contributed by atoms with Crippen LogP contribution in [-0.2, 0) is 17.9 Å². The zero-order chi connectivity index (χ0) is 19.6. The highest BCUT2D eigenvalue weighted by molar-refractivity contribution is 14.0. The van der Waals surface area contributed by atoms with E-state index in [2.05, 4.69) is 20.9 Å². The third-order valence-corrected chi connectivity index (χ3v) is 3.98. The highest BCUT2D eigenvalue weighted by Gasteiger charge is 2.05. The number of aryl methyl sites for hydroxylation is 1. The first-order valence-corrected chi connectivity index (χ1v) is 8.61. The van der Waals surface area contributed by atoms with Crippen LogP contribution in [0.1, 0.15) is 16.7 Å². The minimum atomic E-state index is -0.241. The molecule has 28 heavy (non-hydrogen) atoms. The van der Waals surface area contributed by atoms with Gasteiger partial charge in [0.2, 0.25) is 5.91 Å². The number of aliphatic imine (C=N–C) groups is 1. The Hall–Kier alpha value is -2.36. The van der Waals surface area contributed by atoms with Crippen LogP contribution < -0.4 is 20.7 Å². The standard InChI is InChI=1S/C20H25FN4O2.HI/c1-14-4-5-16(10-18(14)21)12-24-20(22-2)25-13-19(26)23-11-15-6-8-17(27-3)9-7-15;/h4-10H,11-13H2,1-3H3,(H,23,26)(H2,22,24,25);1H. The largest absolute Gasteiger partial charge is 0.497 e. The van der Waals surface area contributed by atoms with Crippen molar-refractivity contribution in [1.29, 1.82) is 0 Å². The Labute approximate surface area is 182 Å². The number of methoxy groups -OCH3 is 1. The molecule has 0 heterocycles. The fourth-order valence-corrected chi connectivity index (χ4v) is 2.32. The number of nitrogens with zero attached hydrogens (tertiary/aromatic N) is 1. The maximum atomic E-state index is 13.6. The van der Waals surface area contributed by atoms with Gasteiger partial charge in [0.05, 0.1) is 13.7 Å². The summed E-state index contributed by atoms with van der Waals surface area (Å²) in [5.74, 6) is 0.843. The molecule has 0 bridgehead atoms. The molecule has 0 saturated carbocycles. The fraction of sp³-hybridized carbons (Fsp3) is 0.300. The molecule has 0 unspecified atom stereocenters. The predicted molar refractivity (Wildman–Crippen MR) is 120 cm³/mol. The van der Waals surface area contributed by atoms with Crippen molar-refractivity contribution in [3.05, 3.63) is 65.0 Å². The molecule has 8 heteroatoms. The van der Waals surface area contributed by atoms with Crippen LogP contribution in [0.15, 0.2) is 47.5 Å². The molecule has 2 aromatic carbocycles. The molecule has 3 N–H and O–H groups in total. The quantitative estimate of drug-likeness (QED) is 0.311. The first-order chi connectivity index (χ1) is 13.0. The van der Waals surface area contributed by atoms with Crippen LogP contribution >= 0.6 is 24.0 Å². The second kappa shape index (κ2) is 12.2. The summed E-state index contributed by atoms with van der Waals surface area (Å²) in [5, 5.41) is 8.81. The highest BCUT2D eigenvalue weighted by atomic mass is 127. The lowest BCUT2D eigenvalue weighted by Crippen LogP contribution is -2.42. The number of rotatable bonds is 7. The van der Waals surface area contributed by atoms with E-state index in [0.717, 1.165) is 16.9 Å².